The van der Waals surface area contributed by atoms with Gasteiger partial charge in [0.25, 0.3) is 0 Å². The van der Waals surface area contributed by atoms with Crippen LogP contribution in [0.1, 0.15) is 40.0 Å². The van der Waals surface area contributed by atoms with Gasteiger partial charge in [0.2, 0.25) is 5.91 Å². The van der Waals surface area contributed by atoms with Crippen molar-refractivity contribution < 1.29 is 4.79 Å². The summed E-state index contributed by atoms with van der Waals surface area (Å²) in [5.41, 5.74) is 1.02. The van der Waals surface area contributed by atoms with Gasteiger partial charge in [0.15, 0.2) is 11.0 Å². The first-order valence-corrected chi connectivity index (χ1v) is 10.3. The maximum Gasteiger partial charge on any atom is 0.233 e. The van der Waals surface area contributed by atoms with Crippen LogP contribution in [0.25, 0.3) is 11.4 Å². The van der Waals surface area contributed by atoms with Crippen molar-refractivity contribution in [3.63, 3.8) is 0 Å². The van der Waals surface area contributed by atoms with Gasteiger partial charge in [-0.2, -0.15) is 0 Å². The number of hydrogen-bond donors (Lipinski definition) is 1. The molecular formula is C20H28N4OS. The monoisotopic (exact) mass is 372 g/mol. The lowest BCUT2D eigenvalue weighted by molar-refractivity contribution is -0.121. The van der Waals surface area contributed by atoms with E-state index in [1.807, 2.05) is 48.9 Å². The standard InChI is InChI=1S/C20H28N4OS/c1-13-9-8-12-17(14(13)2)21-19(25)15(3)26-20-23-22-18(24(20)4)16-10-6-5-7-11-16/h5-7,10-11,13-15,17H,8-9,12H2,1-4H3,(H,21,25)/t13-,14+,15+,17-/m0/s1. The van der Waals surface area contributed by atoms with E-state index in [2.05, 4.69) is 29.4 Å². The number of nitrogens with zero attached hydrogens (tertiary/aromatic N) is 3. The minimum Gasteiger partial charge on any atom is -0.352 e. The number of hydrogen-bond acceptors (Lipinski definition) is 4. The molecule has 0 unspecified atom stereocenters. The van der Waals surface area contributed by atoms with E-state index in [0.717, 1.165) is 23.0 Å². The SMILES string of the molecule is C[C@H]1[C@@H](NC(=O)[C@@H](C)Sc2nnc(-c3ccccc3)n2C)CCC[C@@H]1C. The summed E-state index contributed by atoms with van der Waals surface area (Å²) >= 11 is 1.46. The Morgan fingerprint density at radius 3 is 2.69 bits per heavy atom. The lowest BCUT2D eigenvalue weighted by atomic mass is 9.78. The highest BCUT2D eigenvalue weighted by Crippen LogP contribution is 2.30. The van der Waals surface area contributed by atoms with Gasteiger partial charge in [-0.15, -0.1) is 10.2 Å². The Morgan fingerprint density at radius 2 is 1.96 bits per heavy atom. The van der Waals surface area contributed by atoms with Crippen molar-refractivity contribution in [3.05, 3.63) is 30.3 Å². The first-order valence-electron chi connectivity index (χ1n) is 9.39. The normalized spacial score (nSPS) is 24.2. The highest BCUT2D eigenvalue weighted by molar-refractivity contribution is 8.00. The largest absolute Gasteiger partial charge is 0.352 e. The van der Waals surface area contributed by atoms with Crippen LogP contribution < -0.4 is 5.32 Å². The Morgan fingerprint density at radius 1 is 1.23 bits per heavy atom. The molecule has 4 atom stereocenters. The van der Waals surface area contributed by atoms with Crippen molar-refractivity contribution >= 4 is 17.7 Å². The molecule has 1 aromatic carbocycles. The fraction of sp³-hybridized carbons (Fsp3) is 0.550. The van der Waals surface area contributed by atoms with Crippen molar-refractivity contribution in [2.45, 2.75) is 56.5 Å². The van der Waals surface area contributed by atoms with Crippen molar-refractivity contribution in [2.75, 3.05) is 0 Å². The van der Waals surface area contributed by atoms with Gasteiger partial charge in [-0.25, -0.2) is 0 Å². The third kappa shape index (κ3) is 4.11. The summed E-state index contributed by atoms with van der Waals surface area (Å²) in [6.45, 7) is 6.47. The molecule has 1 aliphatic carbocycles. The number of benzene rings is 1. The Labute approximate surface area is 160 Å². The molecule has 1 heterocycles. The second-order valence-corrected chi connectivity index (χ2v) is 8.68. The van der Waals surface area contributed by atoms with Crippen LogP contribution in [0.5, 0.6) is 0 Å². The molecule has 0 bridgehead atoms. The molecule has 1 fully saturated rings. The second kappa shape index (κ2) is 8.25. The van der Waals surface area contributed by atoms with Gasteiger partial charge in [0, 0.05) is 18.7 Å². The zero-order valence-electron chi connectivity index (χ0n) is 16.0. The van der Waals surface area contributed by atoms with Crippen LogP contribution >= 0.6 is 11.8 Å². The number of carbonyl (C=O) groups excluding carboxylic acids is 1. The molecule has 6 heteroatoms. The van der Waals surface area contributed by atoms with E-state index < -0.39 is 0 Å². The summed E-state index contributed by atoms with van der Waals surface area (Å²) in [7, 11) is 1.94. The number of carbonyl (C=O) groups is 1. The summed E-state index contributed by atoms with van der Waals surface area (Å²) in [6, 6.07) is 10.3. The first-order chi connectivity index (χ1) is 12.5. The zero-order chi connectivity index (χ0) is 18.7. The van der Waals surface area contributed by atoms with E-state index in [0.29, 0.717) is 11.8 Å². The molecule has 1 N–H and O–H groups in total. The van der Waals surface area contributed by atoms with Crippen LogP contribution in [0.15, 0.2) is 35.5 Å². The average molecular weight is 373 g/mol. The molecule has 0 aliphatic heterocycles. The van der Waals surface area contributed by atoms with Crippen LogP contribution in [-0.4, -0.2) is 32.0 Å². The lowest BCUT2D eigenvalue weighted by Gasteiger charge is -2.35. The maximum absolute atomic E-state index is 12.7. The fourth-order valence-corrected chi connectivity index (χ4v) is 4.38. The van der Waals surface area contributed by atoms with Crippen LogP contribution in [0.2, 0.25) is 0 Å². The van der Waals surface area contributed by atoms with Crippen molar-refractivity contribution in [3.8, 4) is 11.4 Å². The molecule has 2 aromatic rings. The van der Waals surface area contributed by atoms with E-state index in [1.165, 1.54) is 24.6 Å². The van der Waals surface area contributed by atoms with Crippen molar-refractivity contribution in [2.24, 2.45) is 18.9 Å². The Hall–Kier alpha value is -1.82. The first kappa shape index (κ1) is 19.0. The van der Waals surface area contributed by atoms with Crippen LogP contribution in [-0.2, 0) is 11.8 Å². The molecule has 5 nitrogen and oxygen atoms in total. The molecule has 1 aliphatic rings. The highest BCUT2D eigenvalue weighted by atomic mass is 32.2. The maximum atomic E-state index is 12.7. The van der Waals surface area contributed by atoms with E-state index in [4.69, 9.17) is 0 Å². The minimum atomic E-state index is -0.203. The number of amides is 1. The van der Waals surface area contributed by atoms with Gasteiger partial charge in [0.05, 0.1) is 5.25 Å². The molecule has 3 rings (SSSR count). The number of nitrogens with one attached hydrogen (secondary N) is 1. The topological polar surface area (TPSA) is 59.8 Å². The molecule has 26 heavy (non-hydrogen) atoms. The third-order valence-electron chi connectivity index (χ3n) is 5.55. The molecule has 1 saturated carbocycles. The smallest absolute Gasteiger partial charge is 0.233 e. The fourth-order valence-electron chi connectivity index (χ4n) is 3.55. The van der Waals surface area contributed by atoms with Crippen LogP contribution in [0.4, 0.5) is 0 Å². The van der Waals surface area contributed by atoms with Gasteiger partial charge in [-0.1, -0.05) is 68.8 Å². The van der Waals surface area contributed by atoms with Crippen LogP contribution in [0, 0.1) is 11.8 Å². The van der Waals surface area contributed by atoms with Crippen LogP contribution in [0.3, 0.4) is 0 Å². The molecular weight excluding hydrogens is 344 g/mol. The van der Waals surface area contributed by atoms with E-state index >= 15 is 0 Å². The third-order valence-corrected chi connectivity index (χ3v) is 6.69. The highest BCUT2D eigenvalue weighted by Gasteiger charge is 2.29. The molecule has 0 saturated heterocycles. The summed E-state index contributed by atoms with van der Waals surface area (Å²) in [6.07, 6.45) is 3.54. The van der Waals surface area contributed by atoms with Gasteiger partial charge in [0.1, 0.15) is 0 Å². The van der Waals surface area contributed by atoms with E-state index in [9.17, 15) is 4.79 Å². The predicted molar refractivity (Wildman–Crippen MR) is 106 cm³/mol. The summed E-state index contributed by atoms with van der Waals surface area (Å²) in [5.74, 6) is 2.11. The molecule has 140 valence electrons. The Bertz CT molecular complexity index is 746. The minimum absolute atomic E-state index is 0.0882. The molecule has 1 amide bonds. The zero-order valence-corrected chi connectivity index (χ0v) is 16.8. The lowest BCUT2D eigenvalue weighted by Crippen LogP contribution is -2.46. The predicted octanol–water partition coefficient (Wildman–Crippen LogP) is 3.90. The number of aromatic nitrogens is 3. The Balaban J connectivity index is 1.64. The van der Waals surface area contributed by atoms with Gasteiger partial charge >= 0.3 is 0 Å². The second-order valence-electron chi connectivity index (χ2n) is 7.37. The molecule has 0 radical (unpaired) electrons. The summed E-state index contributed by atoms with van der Waals surface area (Å²) < 4.78 is 1.95. The Kier molecular flexibility index (Phi) is 6.01. The quantitative estimate of drug-likeness (QED) is 0.809. The van der Waals surface area contributed by atoms with Crippen molar-refractivity contribution in [1.29, 1.82) is 0 Å². The van der Waals surface area contributed by atoms with Gasteiger partial charge < -0.3 is 9.88 Å². The molecule has 0 spiro atoms. The van der Waals surface area contributed by atoms with E-state index in [1.54, 1.807) is 0 Å². The molecule has 1 aromatic heterocycles. The summed E-state index contributed by atoms with van der Waals surface area (Å²) in [4.78, 5) is 12.7. The van der Waals surface area contributed by atoms with Gasteiger partial charge in [-0.05, 0) is 25.2 Å². The average Bonchev–Trinajstić information content (AvgIpc) is 3.00. The van der Waals surface area contributed by atoms with E-state index in [-0.39, 0.29) is 17.2 Å². The summed E-state index contributed by atoms with van der Waals surface area (Å²) in [5, 5.41) is 12.4. The van der Waals surface area contributed by atoms with Gasteiger partial charge in [-0.3, -0.25) is 4.79 Å². The number of thioether (sulfide) groups is 1. The van der Waals surface area contributed by atoms with Crippen molar-refractivity contribution in [1.82, 2.24) is 20.1 Å². The number of rotatable bonds is 5.